The van der Waals surface area contributed by atoms with E-state index in [1.165, 1.54) is 29.1 Å². The topological polar surface area (TPSA) is 92.2 Å². The smallest absolute Gasteiger partial charge is 0.291 e. The van der Waals surface area contributed by atoms with Crippen molar-refractivity contribution in [1.29, 1.82) is 0 Å². The van der Waals surface area contributed by atoms with Crippen LogP contribution < -0.4 is 15.5 Å². The highest BCUT2D eigenvalue weighted by Crippen LogP contribution is 2.37. The highest BCUT2D eigenvalue weighted by molar-refractivity contribution is 7.99. The fraction of sp³-hybridized carbons (Fsp3) is 0.304. The van der Waals surface area contributed by atoms with E-state index >= 15 is 0 Å². The first-order chi connectivity index (χ1) is 16.5. The van der Waals surface area contributed by atoms with Gasteiger partial charge in [0.05, 0.1) is 17.9 Å². The number of carbonyl (C=O) groups is 2. The molecule has 2 aromatic carbocycles. The molecule has 178 valence electrons. The molecule has 0 unspecified atom stereocenters. The quantitative estimate of drug-likeness (QED) is 0.362. The number of carbonyl (C=O) groups excluding carboxylic acids is 2. The summed E-state index contributed by atoms with van der Waals surface area (Å²) in [6, 6.07) is 11.9. The van der Waals surface area contributed by atoms with Crippen LogP contribution in [0.5, 0.6) is 0 Å². The molecule has 1 aromatic heterocycles. The van der Waals surface area contributed by atoms with Crippen LogP contribution in [-0.4, -0.2) is 57.8 Å². The Morgan fingerprint density at radius 2 is 2.09 bits per heavy atom. The van der Waals surface area contributed by atoms with E-state index in [-0.39, 0.29) is 11.7 Å². The zero-order chi connectivity index (χ0) is 24.1. The summed E-state index contributed by atoms with van der Waals surface area (Å²) >= 11 is 7.07. The van der Waals surface area contributed by atoms with Gasteiger partial charge in [-0.05, 0) is 18.1 Å². The molecule has 11 heteroatoms. The number of halogens is 2. The monoisotopic (exact) mass is 502 g/mol. The number of aromatic nitrogens is 3. The number of nitrogens with one attached hydrogen (secondary N) is 2. The molecule has 0 aliphatic carbocycles. The molecule has 3 aromatic rings. The number of thioether (sulfide) groups is 1. The molecule has 0 bridgehead atoms. The largest absolute Gasteiger partial charge is 0.383 e. The lowest BCUT2D eigenvalue weighted by Gasteiger charge is -2.21. The van der Waals surface area contributed by atoms with E-state index in [2.05, 4.69) is 20.7 Å². The number of fused-ring (bicyclic) bond motifs is 1. The van der Waals surface area contributed by atoms with Crippen molar-refractivity contribution in [2.45, 2.75) is 23.9 Å². The van der Waals surface area contributed by atoms with Crippen molar-refractivity contribution in [3.8, 4) is 0 Å². The summed E-state index contributed by atoms with van der Waals surface area (Å²) in [7, 11) is 1.57. The van der Waals surface area contributed by atoms with Crippen LogP contribution in [0.2, 0.25) is 0 Å². The average molecular weight is 503 g/mol. The number of hydrogen-bond acceptors (Lipinski definition) is 6. The van der Waals surface area contributed by atoms with Gasteiger partial charge in [0.15, 0.2) is 0 Å². The second-order valence-electron chi connectivity index (χ2n) is 7.75. The van der Waals surface area contributed by atoms with Crippen molar-refractivity contribution in [2.75, 3.05) is 35.4 Å². The van der Waals surface area contributed by atoms with Gasteiger partial charge in [0.2, 0.25) is 11.7 Å². The molecule has 2 N–H and O–H groups in total. The number of rotatable bonds is 8. The SMILES string of the molecule is CN1C(=O)[C@@H](NC(=O)c2ncn(Cc3ccccc3)n2)CSc2cc(NCCCCl)c(F)cc21. The van der Waals surface area contributed by atoms with Crippen molar-refractivity contribution in [1.82, 2.24) is 20.1 Å². The minimum Gasteiger partial charge on any atom is -0.383 e. The van der Waals surface area contributed by atoms with Crippen molar-refractivity contribution >= 4 is 46.6 Å². The second-order valence-corrected chi connectivity index (χ2v) is 9.19. The lowest BCUT2D eigenvalue weighted by atomic mass is 10.2. The maximum atomic E-state index is 14.6. The molecule has 1 aliphatic rings. The van der Waals surface area contributed by atoms with Crippen LogP contribution in [0.4, 0.5) is 15.8 Å². The summed E-state index contributed by atoms with van der Waals surface area (Å²) in [6.45, 7) is 1.02. The van der Waals surface area contributed by atoms with Gasteiger partial charge in [0, 0.05) is 36.2 Å². The van der Waals surface area contributed by atoms with Crippen LogP contribution >= 0.6 is 23.4 Å². The second kappa shape index (κ2) is 10.9. The normalized spacial score (nSPS) is 15.6. The number of likely N-dealkylation sites (N-methyl/N-ethyl adjacent to an activating group) is 1. The van der Waals surface area contributed by atoms with Crippen LogP contribution in [-0.2, 0) is 11.3 Å². The molecule has 0 saturated heterocycles. The first-order valence-corrected chi connectivity index (χ1v) is 12.3. The third-order valence-electron chi connectivity index (χ3n) is 5.30. The fourth-order valence-electron chi connectivity index (χ4n) is 3.51. The van der Waals surface area contributed by atoms with Crippen LogP contribution in [0.25, 0.3) is 0 Å². The van der Waals surface area contributed by atoms with E-state index in [9.17, 15) is 14.0 Å². The van der Waals surface area contributed by atoms with Gasteiger partial charge in [-0.1, -0.05) is 30.3 Å². The van der Waals surface area contributed by atoms with Crippen molar-refractivity contribution < 1.29 is 14.0 Å². The van der Waals surface area contributed by atoms with E-state index in [4.69, 9.17) is 11.6 Å². The molecule has 1 atom stereocenters. The van der Waals surface area contributed by atoms with E-state index in [1.807, 2.05) is 30.3 Å². The van der Waals surface area contributed by atoms with Gasteiger partial charge >= 0.3 is 0 Å². The first kappa shape index (κ1) is 24.0. The number of anilines is 2. The zero-order valence-electron chi connectivity index (χ0n) is 18.5. The summed E-state index contributed by atoms with van der Waals surface area (Å²) in [5, 5.41) is 9.99. The highest BCUT2D eigenvalue weighted by atomic mass is 35.5. The maximum Gasteiger partial charge on any atom is 0.291 e. The first-order valence-electron chi connectivity index (χ1n) is 10.7. The van der Waals surface area contributed by atoms with Crippen LogP contribution in [0.1, 0.15) is 22.6 Å². The van der Waals surface area contributed by atoms with Crippen LogP contribution in [0.15, 0.2) is 53.7 Å². The summed E-state index contributed by atoms with van der Waals surface area (Å²) < 4.78 is 16.2. The van der Waals surface area contributed by atoms with Gasteiger partial charge in [-0.3, -0.25) is 9.59 Å². The van der Waals surface area contributed by atoms with Gasteiger partial charge in [0.1, 0.15) is 18.2 Å². The molecule has 2 heterocycles. The zero-order valence-corrected chi connectivity index (χ0v) is 20.1. The average Bonchev–Trinajstić information content (AvgIpc) is 3.27. The molecule has 1 aliphatic heterocycles. The number of amides is 2. The summed E-state index contributed by atoms with van der Waals surface area (Å²) in [5.41, 5.74) is 1.84. The third-order valence-corrected chi connectivity index (χ3v) is 6.71. The van der Waals surface area contributed by atoms with Gasteiger partial charge in [-0.15, -0.1) is 28.5 Å². The fourth-order valence-corrected chi connectivity index (χ4v) is 4.77. The van der Waals surface area contributed by atoms with Crippen molar-refractivity contribution in [3.05, 3.63) is 66.0 Å². The number of hydrogen-bond donors (Lipinski definition) is 2. The van der Waals surface area contributed by atoms with Gasteiger partial charge in [0.25, 0.3) is 5.91 Å². The Balaban J connectivity index is 1.44. The lowest BCUT2D eigenvalue weighted by Crippen LogP contribution is -2.48. The van der Waals surface area contributed by atoms with Gasteiger partial charge in [-0.25, -0.2) is 14.1 Å². The molecular formula is C23H24ClFN6O2S. The van der Waals surface area contributed by atoms with E-state index in [1.54, 1.807) is 17.8 Å². The minimum atomic E-state index is -0.813. The molecule has 0 fully saturated rings. The molecule has 8 nitrogen and oxygen atoms in total. The Morgan fingerprint density at radius 1 is 1.29 bits per heavy atom. The molecule has 4 rings (SSSR count). The van der Waals surface area contributed by atoms with Crippen molar-refractivity contribution in [3.63, 3.8) is 0 Å². The Kier molecular flexibility index (Phi) is 7.69. The third kappa shape index (κ3) is 5.51. The molecule has 34 heavy (non-hydrogen) atoms. The Bertz CT molecular complexity index is 1180. The molecule has 0 saturated carbocycles. The predicted molar refractivity (Wildman–Crippen MR) is 131 cm³/mol. The standard InChI is InChI=1S/C23H24ClFN6O2S/c1-30-19-10-16(25)17(26-9-5-8-24)11-20(19)34-13-18(23(30)33)28-22(32)21-27-14-31(29-21)12-15-6-3-2-4-7-15/h2-4,6-7,10-11,14,18,26H,5,8-9,12-13H2,1H3,(H,28,32)/t18-/m0/s1. The lowest BCUT2D eigenvalue weighted by molar-refractivity contribution is -0.119. The number of benzene rings is 2. The van der Waals surface area contributed by atoms with Gasteiger partial charge < -0.3 is 15.5 Å². The summed E-state index contributed by atoms with van der Waals surface area (Å²) in [5.74, 6) is -0.587. The van der Waals surface area contributed by atoms with Crippen LogP contribution in [0, 0.1) is 5.82 Å². The minimum absolute atomic E-state index is 0.0185. The summed E-state index contributed by atoms with van der Waals surface area (Å²) in [4.78, 5) is 32.0. The Hall–Kier alpha value is -3.11. The highest BCUT2D eigenvalue weighted by Gasteiger charge is 2.31. The molecular weight excluding hydrogens is 479 g/mol. The Morgan fingerprint density at radius 3 is 2.85 bits per heavy atom. The van der Waals surface area contributed by atoms with Crippen molar-refractivity contribution in [2.24, 2.45) is 0 Å². The van der Waals surface area contributed by atoms with E-state index in [0.717, 1.165) is 10.5 Å². The van der Waals surface area contributed by atoms with E-state index < -0.39 is 17.8 Å². The number of alkyl halides is 1. The molecule has 0 spiro atoms. The van der Waals surface area contributed by atoms with E-state index in [0.29, 0.717) is 42.5 Å². The molecule has 2 amide bonds. The predicted octanol–water partition coefficient (Wildman–Crippen LogP) is 3.37. The number of nitrogens with zero attached hydrogens (tertiary/aromatic N) is 4. The Labute approximate surface area is 205 Å². The van der Waals surface area contributed by atoms with Gasteiger partial charge in [-0.2, -0.15) is 0 Å². The maximum absolute atomic E-state index is 14.6. The van der Waals surface area contributed by atoms with Crippen LogP contribution in [0.3, 0.4) is 0 Å². The summed E-state index contributed by atoms with van der Waals surface area (Å²) in [6.07, 6.45) is 2.18. The molecule has 0 radical (unpaired) electrons.